The summed E-state index contributed by atoms with van der Waals surface area (Å²) in [5.74, 6) is 1.22. The number of fused-ring (bicyclic) bond motifs is 1. The summed E-state index contributed by atoms with van der Waals surface area (Å²) in [5, 5.41) is 3.65. The summed E-state index contributed by atoms with van der Waals surface area (Å²) in [6.45, 7) is 8.80. The van der Waals surface area contributed by atoms with Crippen molar-refractivity contribution in [1.29, 1.82) is 0 Å². The third kappa shape index (κ3) is 1.97. The highest BCUT2D eigenvalue weighted by atomic mass is 16.7. The van der Waals surface area contributed by atoms with E-state index in [0.717, 1.165) is 24.3 Å². The first-order chi connectivity index (χ1) is 8.29. The van der Waals surface area contributed by atoms with Gasteiger partial charge in [-0.05, 0) is 39.8 Å². The van der Waals surface area contributed by atoms with E-state index in [9.17, 15) is 0 Å². The molecule has 1 aromatic rings. The van der Waals surface area contributed by atoms with Gasteiger partial charge in [-0.3, -0.25) is 0 Å². The lowest BCUT2D eigenvalue weighted by molar-refractivity contribution is -0.144. The van der Waals surface area contributed by atoms with Crippen LogP contribution >= 0.6 is 0 Å². The normalized spacial score (nSPS) is 26.2. The summed E-state index contributed by atoms with van der Waals surface area (Å²) in [6.07, 6.45) is 1.69. The molecule has 1 spiro atoms. The van der Waals surface area contributed by atoms with Crippen LogP contribution < -0.4 is 14.8 Å². The molecule has 1 aromatic carbocycles. The fraction of sp³-hybridized carbons (Fsp3) is 0.600. The Morgan fingerprint density at radius 3 is 1.78 bits per heavy atom. The van der Waals surface area contributed by atoms with Gasteiger partial charge in [0.1, 0.15) is 0 Å². The zero-order chi connectivity index (χ0) is 13.0. The minimum absolute atomic E-state index is 0.00376. The van der Waals surface area contributed by atoms with Crippen LogP contribution in [0.25, 0.3) is 0 Å². The first-order valence-electron chi connectivity index (χ1n) is 6.56. The number of hydrogen-bond acceptors (Lipinski definition) is 3. The number of ether oxygens (including phenoxy) is 2. The Kier molecular flexibility index (Phi) is 2.25. The summed E-state index contributed by atoms with van der Waals surface area (Å²) in [5.41, 5.74) is 0.00753. The van der Waals surface area contributed by atoms with E-state index >= 15 is 0 Å². The van der Waals surface area contributed by atoms with Crippen molar-refractivity contribution in [3.63, 3.8) is 0 Å². The first-order valence-corrected chi connectivity index (χ1v) is 6.56. The van der Waals surface area contributed by atoms with Crippen molar-refractivity contribution in [1.82, 2.24) is 5.32 Å². The number of para-hydroxylation sites is 2. The number of hydrogen-bond donors (Lipinski definition) is 1. The van der Waals surface area contributed by atoms with Crippen LogP contribution in [0.2, 0.25) is 0 Å². The van der Waals surface area contributed by atoms with Crippen molar-refractivity contribution in [2.45, 2.75) is 57.4 Å². The van der Waals surface area contributed by atoms with E-state index in [4.69, 9.17) is 9.47 Å². The Labute approximate surface area is 108 Å². The van der Waals surface area contributed by atoms with Gasteiger partial charge in [0.15, 0.2) is 11.5 Å². The molecule has 0 radical (unpaired) electrons. The highest BCUT2D eigenvalue weighted by molar-refractivity contribution is 5.43. The lowest BCUT2D eigenvalue weighted by Gasteiger charge is -2.49. The number of rotatable bonds is 0. The second-order valence-electron chi connectivity index (χ2n) is 6.81. The molecule has 3 rings (SSSR count). The Bertz CT molecular complexity index is 436. The maximum absolute atomic E-state index is 6.14. The van der Waals surface area contributed by atoms with Gasteiger partial charge < -0.3 is 14.8 Å². The molecular weight excluding hydrogens is 226 g/mol. The van der Waals surface area contributed by atoms with Crippen LogP contribution in [0.3, 0.4) is 0 Å². The topological polar surface area (TPSA) is 30.5 Å². The van der Waals surface area contributed by atoms with E-state index in [1.54, 1.807) is 0 Å². The average molecular weight is 247 g/mol. The summed E-state index contributed by atoms with van der Waals surface area (Å²) >= 11 is 0. The monoisotopic (exact) mass is 247 g/mol. The number of benzene rings is 1. The van der Waals surface area contributed by atoms with Crippen molar-refractivity contribution < 1.29 is 9.47 Å². The van der Waals surface area contributed by atoms with Crippen LogP contribution in [-0.2, 0) is 0 Å². The molecule has 1 fully saturated rings. The Morgan fingerprint density at radius 2 is 1.33 bits per heavy atom. The number of nitrogens with one attached hydrogen (secondary N) is 1. The SMILES string of the molecule is CC1(C)CC2(CC(C)(C)N1)Oc1ccccc1O2. The second-order valence-corrected chi connectivity index (χ2v) is 6.81. The highest BCUT2D eigenvalue weighted by Crippen LogP contribution is 2.47. The van der Waals surface area contributed by atoms with Crippen molar-refractivity contribution in [3.8, 4) is 11.5 Å². The van der Waals surface area contributed by atoms with Gasteiger partial charge in [0.05, 0.1) is 0 Å². The quantitative estimate of drug-likeness (QED) is 0.764. The highest BCUT2D eigenvalue weighted by Gasteiger charge is 2.53. The van der Waals surface area contributed by atoms with Gasteiger partial charge in [-0.1, -0.05) is 12.1 Å². The van der Waals surface area contributed by atoms with Gasteiger partial charge in [0, 0.05) is 23.9 Å². The molecule has 1 saturated heterocycles. The summed E-state index contributed by atoms with van der Waals surface area (Å²) in [4.78, 5) is 0. The standard InChI is InChI=1S/C15H21NO2/c1-13(2)9-15(10-14(3,4)16-13)17-11-7-5-6-8-12(11)18-15/h5-8,16H,9-10H2,1-4H3. The second kappa shape index (κ2) is 3.41. The fourth-order valence-electron chi connectivity index (χ4n) is 3.60. The molecule has 2 aliphatic rings. The molecule has 1 N–H and O–H groups in total. The van der Waals surface area contributed by atoms with Gasteiger partial charge in [-0.15, -0.1) is 0 Å². The summed E-state index contributed by atoms with van der Waals surface area (Å²) in [6, 6.07) is 7.93. The van der Waals surface area contributed by atoms with E-state index in [1.807, 2.05) is 24.3 Å². The minimum Gasteiger partial charge on any atom is -0.448 e. The largest absolute Gasteiger partial charge is 0.448 e. The Morgan fingerprint density at radius 1 is 0.889 bits per heavy atom. The lowest BCUT2D eigenvalue weighted by Crippen LogP contribution is -2.65. The van der Waals surface area contributed by atoms with E-state index in [2.05, 4.69) is 33.0 Å². The van der Waals surface area contributed by atoms with E-state index in [-0.39, 0.29) is 11.1 Å². The molecule has 98 valence electrons. The summed E-state index contributed by atoms with van der Waals surface area (Å²) in [7, 11) is 0. The van der Waals surface area contributed by atoms with Crippen LogP contribution in [-0.4, -0.2) is 16.9 Å². The molecule has 0 aliphatic carbocycles. The van der Waals surface area contributed by atoms with Crippen LogP contribution in [0.15, 0.2) is 24.3 Å². The van der Waals surface area contributed by atoms with Gasteiger partial charge >= 0.3 is 0 Å². The van der Waals surface area contributed by atoms with Crippen LogP contribution in [0.5, 0.6) is 11.5 Å². The summed E-state index contributed by atoms with van der Waals surface area (Å²) < 4.78 is 12.3. The van der Waals surface area contributed by atoms with Crippen LogP contribution in [0, 0.1) is 0 Å². The number of piperidine rings is 1. The predicted molar refractivity (Wildman–Crippen MR) is 71.0 cm³/mol. The lowest BCUT2D eigenvalue weighted by atomic mass is 9.78. The predicted octanol–water partition coefficient (Wildman–Crippen LogP) is 3.09. The van der Waals surface area contributed by atoms with Crippen LogP contribution in [0.1, 0.15) is 40.5 Å². The molecule has 18 heavy (non-hydrogen) atoms. The maximum Gasteiger partial charge on any atom is 0.255 e. The van der Waals surface area contributed by atoms with Crippen molar-refractivity contribution >= 4 is 0 Å². The third-order valence-corrected chi connectivity index (χ3v) is 3.54. The van der Waals surface area contributed by atoms with Gasteiger partial charge in [0.2, 0.25) is 0 Å². The first kappa shape index (κ1) is 11.8. The van der Waals surface area contributed by atoms with Gasteiger partial charge in [0.25, 0.3) is 5.79 Å². The van der Waals surface area contributed by atoms with Crippen molar-refractivity contribution in [2.24, 2.45) is 0 Å². The Hall–Kier alpha value is -1.22. The Balaban J connectivity index is 1.94. The molecule has 0 unspecified atom stereocenters. The molecule has 2 heterocycles. The smallest absolute Gasteiger partial charge is 0.255 e. The van der Waals surface area contributed by atoms with Gasteiger partial charge in [-0.25, -0.2) is 0 Å². The van der Waals surface area contributed by atoms with E-state index in [0.29, 0.717) is 0 Å². The van der Waals surface area contributed by atoms with Crippen molar-refractivity contribution in [2.75, 3.05) is 0 Å². The molecule has 0 saturated carbocycles. The van der Waals surface area contributed by atoms with E-state index < -0.39 is 5.79 Å². The average Bonchev–Trinajstić information content (AvgIpc) is 2.48. The fourth-order valence-corrected chi connectivity index (χ4v) is 3.60. The van der Waals surface area contributed by atoms with Gasteiger partial charge in [-0.2, -0.15) is 0 Å². The molecule has 3 nitrogen and oxygen atoms in total. The molecule has 2 aliphatic heterocycles. The molecule has 3 heteroatoms. The zero-order valence-corrected chi connectivity index (χ0v) is 11.5. The maximum atomic E-state index is 6.14. The molecule has 0 aromatic heterocycles. The third-order valence-electron chi connectivity index (χ3n) is 3.54. The zero-order valence-electron chi connectivity index (χ0n) is 11.5. The minimum atomic E-state index is -0.512. The molecule has 0 bridgehead atoms. The van der Waals surface area contributed by atoms with E-state index in [1.165, 1.54) is 0 Å². The molecule has 0 amide bonds. The van der Waals surface area contributed by atoms with Crippen molar-refractivity contribution in [3.05, 3.63) is 24.3 Å². The molecular formula is C15H21NO2. The molecule has 0 atom stereocenters. The van der Waals surface area contributed by atoms with Crippen LogP contribution in [0.4, 0.5) is 0 Å².